The first kappa shape index (κ1) is 22.8. The number of nitrogens with zero attached hydrogens (tertiary/aromatic N) is 2. The number of ether oxygens (including phenoxy) is 1. The van der Waals surface area contributed by atoms with Crippen LogP contribution in [0.2, 0.25) is 0 Å². The first-order valence-electron chi connectivity index (χ1n) is 11.9. The Morgan fingerprint density at radius 3 is 2.03 bits per heavy atom. The van der Waals surface area contributed by atoms with Crippen molar-refractivity contribution in [1.29, 1.82) is 0 Å². The largest absolute Gasteiger partial charge is 0.366 e. The zero-order chi connectivity index (χ0) is 23.7. The summed E-state index contributed by atoms with van der Waals surface area (Å²) in [5.41, 5.74) is 1.99. The molecule has 0 bridgehead atoms. The number of nitrogens with one attached hydrogen (secondary N) is 1. The standard InChI is InChI=1S/C26H29F2N3O3/c27-20-5-1-17(2-6-20)25(18-3-7-21(28)8-4-18)19-9-12-30(13-10-19)26(33)31-14-11-23-22(15-31)29-24(32)16-34-23/h1-8,19,22-23,25H,9-16H2,(H,29,32)/t22-,23+/m0/s1. The van der Waals surface area contributed by atoms with Crippen LogP contribution in [0.4, 0.5) is 13.6 Å². The van der Waals surface area contributed by atoms with Crippen LogP contribution in [0.1, 0.15) is 36.3 Å². The maximum atomic E-state index is 13.6. The zero-order valence-corrected chi connectivity index (χ0v) is 19.0. The topological polar surface area (TPSA) is 61.9 Å². The monoisotopic (exact) mass is 469 g/mol. The minimum atomic E-state index is -0.287. The molecule has 0 spiro atoms. The van der Waals surface area contributed by atoms with Crippen molar-refractivity contribution in [2.75, 3.05) is 32.8 Å². The van der Waals surface area contributed by atoms with Gasteiger partial charge in [-0.15, -0.1) is 0 Å². The van der Waals surface area contributed by atoms with Crippen molar-refractivity contribution >= 4 is 11.9 Å². The van der Waals surface area contributed by atoms with Gasteiger partial charge in [-0.1, -0.05) is 24.3 Å². The van der Waals surface area contributed by atoms with E-state index in [0.29, 0.717) is 32.6 Å². The van der Waals surface area contributed by atoms with Crippen LogP contribution in [0.5, 0.6) is 0 Å². The number of urea groups is 1. The Morgan fingerprint density at radius 2 is 1.44 bits per heavy atom. The Labute approximate surface area is 197 Å². The lowest BCUT2D eigenvalue weighted by molar-refractivity contribution is -0.139. The van der Waals surface area contributed by atoms with Gasteiger partial charge in [0.05, 0.1) is 12.1 Å². The molecule has 0 unspecified atom stereocenters. The first-order valence-corrected chi connectivity index (χ1v) is 11.9. The van der Waals surface area contributed by atoms with Gasteiger partial charge in [0.1, 0.15) is 18.2 Å². The van der Waals surface area contributed by atoms with Crippen molar-refractivity contribution in [3.63, 3.8) is 0 Å². The van der Waals surface area contributed by atoms with Gasteiger partial charge in [0.15, 0.2) is 0 Å². The first-order chi connectivity index (χ1) is 16.5. The van der Waals surface area contributed by atoms with Crippen molar-refractivity contribution < 1.29 is 23.1 Å². The molecule has 3 heterocycles. The van der Waals surface area contributed by atoms with E-state index in [-0.39, 0.29) is 54.2 Å². The molecule has 2 aromatic carbocycles. The molecule has 34 heavy (non-hydrogen) atoms. The molecule has 3 amide bonds. The maximum Gasteiger partial charge on any atom is 0.320 e. The van der Waals surface area contributed by atoms with Gasteiger partial charge < -0.3 is 19.9 Å². The number of carbonyl (C=O) groups is 2. The number of benzene rings is 2. The summed E-state index contributed by atoms with van der Waals surface area (Å²) in [7, 11) is 0. The molecule has 180 valence electrons. The van der Waals surface area contributed by atoms with Gasteiger partial charge in [0, 0.05) is 32.1 Å². The minimum absolute atomic E-state index is 0.00293. The summed E-state index contributed by atoms with van der Waals surface area (Å²) in [6.07, 6.45) is 2.28. The number of likely N-dealkylation sites (tertiary alicyclic amines) is 2. The van der Waals surface area contributed by atoms with Crippen molar-refractivity contribution in [1.82, 2.24) is 15.1 Å². The fraction of sp³-hybridized carbons (Fsp3) is 0.462. The normalized spacial score (nSPS) is 23.6. The molecule has 3 fully saturated rings. The predicted octanol–water partition coefficient (Wildman–Crippen LogP) is 3.52. The molecule has 2 atom stereocenters. The summed E-state index contributed by atoms with van der Waals surface area (Å²) in [6, 6.07) is 12.9. The smallest absolute Gasteiger partial charge is 0.320 e. The fourth-order valence-electron chi connectivity index (χ4n) is 5.57. The van der Waals surface area contributed by atoms with Crippen LogP contribution in [-0.4, -0.2) is 66.7 Å². The lowest BCUT2D eigenvalue weighted by atomic mass is 9.76. The van der Waals surface area contributed by atoms with Crippen molar-refractivity contribution in [3.8, 4) is 0 Å². The van der Waals surface area contributed by atoms with Crippen molar-refractivity contribution in [2.45, 2.75) is 37.3 Å². The van der Waals surface area contributed by atoms with Crippen LogP contribution in [-0.2, 0) is 9.53 Å². The number of hydrogen-bond acceptors (Lipinski definition) is 3. The van der Waals surface area contributed by atoms with Crippen LogP contribution in [0.3, 0.4) is 0 Å². The second kappa shape index (κ2) is 9.70. The molecule has 5 rings (SSSR count). The lowest BCUT2D eigenvalue weighted by Crippen LogP contribution is -2.62. The maximum absolute atomic E-state index is 13.6. The Balaban J connectivity index is 1.26. The third-order valence-electron chi connectivity index (χ3n) is 7.33. The molecule has 2 aromatic rings. The molecular weight excluding hydrogens is 440 g/mol. The molecule has 0 saturated carbocycles. The highest BCUT2D eigenvalue weighted by Crippen LogP contribution is 2.38. The van der Waals surface area contributed by atoms with Crippen LogP contribution < -0.4 is 5.32 Å². The minimum Gasteiger partial charge on any atom is -0.366 e. The van der Waals surface area contributed by atoms with Crippen LogP contribution >= 0.6 is 0 Å². The average molecular weight is 470 g/mol. The van der Waals surface area contributed by atoms with E-state index in [2.05, 4.69) is 5.32 Å². The summed E-state index contributed by atoms with van der Waals surface area (Å²) in [6.45, 7) is 2.41. The van der Waals surface area contributed by atoms with Crippen molar-refractivity contribution in [2.24, 2.45) is 5.92 Å². The van der Waals surface area contributed by atoms with E-state index in [1.54, 1.807) is 24.3 Å². The summed E-state index contributed by atoms with van der Waals surface area (Å²) >= 11 is 0. The Hall–Kier alpha value is -3.00. The van der Waals surface area contributed by atoms with Crippen molar-refractivity contribution in [3.05, 3.63) is 71.3 Å². The Bertz CT molecular complexity index is 977. The molecular formula is C26H29F2N3O3. The molecule has 0 aliphatic carbocycles. The number of amides is 3. The van der Waals surface area contributed by atoms with Gasteiger partial charge in [0.2, 0.25) is 5.91 Å². The number of fused-ring (bicyclic) bond motifs is 1. The van der Waals surface area contributed by atoms with Gasteiger partial charge in [-0.3, -0.25) is 4.79 Å². The quantitative estimate of drug-likeness (QED) is 0.749. The van der Waals surface area contributed by atoms with Crippen LogP contribution in [0.25, 0.3) is 0 Å². The second-order valence-corrected chi connectivity index (χ2v) is 9.45. The van der Waals surface area contributed by atoms with E-state index in [1.807, 2.05) is 9.80 Å². The lowest BCUT2D eigenvalue weighted by Gasteiger charge is -2.44. The fourth-order valence-corrected chi connectivity index (χ4v) is 5.57. The van der Waals surface area contributed by atoms with E-state index < -0.39 is 0 Å². The van der Waals surface area contributed by atoms with Gasteiger partial charge in [-0.05, 0) is 60.6 Å². The number of halogens is 2. The molecule has 8 heteroatoms. The van der Waals surface area contributed by atoms with E-state index in [4.69, 9.17) is 4.74 Å². The average Bonchev–Trinajstić information content (AvgIpc) is 2.86. The number of morpholine rings is 1. The second-order valence-electron chi connectivity index (χ2n) is 9.45. The van der Waals surface area contributed by atoms with Crippen LogP contribution in [0.15, 0.2) is 48.5 Å². The number of carbonyl (C=O) groups excluding carboxylic acids is 2. The van der Waals surface area contributed by atoms with Gasteiger partial charge in [-0.2, -0.15) is 0 Å². The summed E-state index contributed by atoms with van der Waals surface area (Å²) < 4.78 is 32.7. The number of piperidine rings is 2. The highest BCUT2D eigenvalue weighted by Gasteiger charge is 2.38. The summed E-state index contributed by atoms with van der Waals surface area (Å²) in [5.74, 6) is -0.458. The van der Waals surface area contributed by atoms with Gasteiger partial charge in [0.25, 0.3) is 0 Å². The third kappa shape index (κ3) is 4.78. The highest BCUT2D eigenvalue weighted by atomic mass is 19.1. The Kier molecular flexibility index (Phi) is 6.50. The molecule has 1 N–H and O–H groups in total. The number of rotatable bonds is 3. The van der Waals surface area contributed by atoms with E-state index in [0.717, 1.165) is 24.0 Å². The third-order valence-corrected chi connectivity index (χ3v) is 7.33. The van der Waals surface area contributed by atoms with E-state index in [9.17, 15) is 18.4 Å². The van der Waals surface area contributed by atoms with Gasteiger partial charge >= 0.3 is 6.03 Å². The van der Waals surface area contributed by atoms with E-state index in [1.165, 1.54) is 24.3 Å². The molecule has 6 nitrogen and oxygen atoms in total. The summed E-state index contributed by atoms with van der Waals surface area (Å²) in [5, 5.41) is 2.94. The zero-order valence-electron chi connectivity index (χ0n) is 19.0. The molecule has 3 aliphatic rings. The van der Waals surface area contributed by atoms with Crippen LogP contribution in [0, 0.1) is 17.6 Å². The predicted molar refractivity (Wildman–Crippen MR) is 122 cm³/mol. The molecule has 3 aliphatic heterocycles. The SMILES string of the molecule is O=C1CO[C@@H]2CCN(C(=O)N3CCC(C(c4ccc(F)cc4)c4ccc(F)cc4)CC3)C[C@@H]2N1. The Morgan fingerprint density at radius 1 is 0.882 bits per heavy atom. The molecule has 0 radical (unpaired) electrons. The summed E-state index contributed by atoms with van der Waals surface area (Å²) in [4.78, 5) is 28.6. The van der Waals surface area contributed by atoms with Gasteiger partial charge in [-0.25, -0.2) is 13.6 Å². The molecule has 3 saturated heterocycles. The molecule has 0 aromatic heterocycles. The van der Waals surface area contributed by atoms with E-state index >= 15 is 0 Å². The number of hydrogen-bond donors (Lipinski definition) is 1. The highest BCUT2D eigenvalue weighted by molar-refractivity contribution is 5.79.